The van der Waals surface area contributed by atoms with Crippen LogP contribution in [0.15, 0.2) is 68.4 Å². The standard InChI is InChI=1S/C18H12O3/c1-11-9-12(14-7-4-8-20-14)10-16-17(11)18(19)13-5-2-3-6-15(13)21-16/h2-10H,1H3. The largest absolute Gasteiger partial charge is 0.464 e. The van der Waals surface area contributed by atoms with Crippen LogP contribution >= 0.6 is 0 Å². The van der Waals surface area contributed by atoms with Crippen LogP contribution in [0.1, 0.15) is 5.56 Å². The van der Waals surface area contributed by atoms with Crippen molar-refractivity contribution in [2.75, 3.05) is 0 Å². The Balaban J connectivity index is 2.14. The maximum absolute atomic E-state index is 12.6. The summed E-state index contributed by atoms with van der Waals surface area (Å²) in [7, 11) is 0. The number of furan rings is 1. The normalized spacial score (nSPS) is 11.3. The van der Waals surface area contributed by atoms with Gasteiger partial charge in [-0.2, -0.15) is 0 Å². The van der Waals surface area contributed by atoms with Crippen LogP contribution in [0.4, 0.5) is 0 Å². The van der Waals surface area contributed by atoms with Crippen molar-refractivity contribution in [2.24, 2.45) is 0 Å². The van der Waals surface area contributed by atoms with Gasteiger partial charge in [0.15, 0.2) is 0 Å². The topological polar surface area (TPSA) is 43.4 Å². The van der Waals surface area contributed by atoms with E-state index in [0.29, 0.717) is 21.9 Å². The monoisotopic (exact) mass is 276 g/mol. The zero-order valence-electron chi connectivity index (χ0n) is 11.4. The molecule has 0 spiro atoms. The molecule has 3 nitrogen and oxygen atoms in total. The first kappa shape index (κ1) is 12.0. The number of benzene rings is 2. The molecule has 0 bridgehead atoms. The Morgan fingerprint density at radius 3 is 2.62 bits per heavy atom. The quantitative estimate of drug-likeness (QED) is 0.480. The van der Waals surface area contributed by atoms with Gasteiger partial charge in [0.25, 0.3) is 0 Å². The molecule has 2 aromatic heterocycles. The van der Waals surface area contributed by atoms with Gasteiger partial charge in [-0.25, -0.2) is 0 Å². The van der Waals surface area contributed by atoms with Gasteiger partial charge in [0.05, 0.1) is 17.0 Å². The second-order valence-electron chi connectivity index (χ2n) is 5.07. The van der Waals surface area contributed by atoms with Crippen LogP contribution in [0, 0.1) is 6.92 Å². The highest BCUT2D eigenvalue weighted by Crippen LogP contribution is 2.28. The number of hydrogen-bond acceptors (Lipinski definition) is 3. The average Bonchev–Trinajstić information content (AvgIpc) is 3.01. The summed E-state index contributed by atoms with van der Waals surface area (Å²) in [4.78, 5) is 12.6. The van der Waals surface area contributed by atoms with Gasteiger partial charge in [0.2, 0.25) is 5.43 Å². The molecule has 0 amide bonds. The van der Waals surface area contributed by atoms with Crippen molar-refractivity contribution in [3.05, 3.63) is 70.6 Å². The predicted octanol–water partition coefficient (Wildman–Crippen LogP) is 4.51. The second-order valence-corrected chi connectivity index (χ2v) is 5.07. The fourth-order valence-electron chi connectivity index (χ4n) is 2.71. The Hall–Kier alpha value is -2.81. The molecule has 0 atom stereocenters. The highest BCUT2D eigenvalue weighted by molar-refractivity contribution is 5.93. The van der Waals surface area contributed by atoms with Crippen molar-refractivity contribution >= 4 is 21.9 Å². The van der Waals surface area contributed by atoms with E-state index in [9.17, 15) is 4.79 Å². The molecule has 2 heterocycles. The van der Waals surface area contributed by atoms with Gasteiger partial charge in [-0.3, -0.25) is 4.79 Å². The van der Waals surface area contributed by atoms with E-state index in [4.69, 9.17) is 8.83 Å². The maximum atomic E-state index is 12.6. The van der Waals surface area contributed by atoms with E-state index in [1.165, 1.54) is 0 Å². The number of rotatable bonds is 1. The van der Waals surface area contributed by atoms with Crippen LogP contribution in [0.25, 0.3) is 33.3 Å². The molecule has 0 saturated heterocycles. The third-order valence-corrected chi connectivity index (χ3v) is 3.68. The van der Waals surface area contributed by atoms with Crippen LogP contribution < -0.4 is 5.43 Å². The van der Waals surface area contributed by atoms with Gasteiger partial charge >= 0.3 is 0 Å². The van der Waals surface area contributed by atoms with E-state index < -0.39 is 0 Å². The summed E-state index contributed by atoms with van der Waals surface area (Å²) < 4.78 is 11.3. The van der Waals surface area contributed by atoms with Crippen LogP contribution in [0.2, 0.25) is 0 Å². The van der Waals surface area contributed by atoms with E-state index >= 15 is 0 Å². The van der Waals surface area contributed by atoms with E-state index in [1.54, 1.807) is 12.3 Å². The van der Waals surface area contributed by atoms with Crippen LogP contribution in [-0.4, -0.2) is 0 Å². The van der Waals surface area contributed by atoms with Gasteiger partial charge in [-0.05, 0) is 48.9 Å². The van der Waals surface area contributed by atoms with Crippen molar-refractivity contribution in [1.29, 1.82) is 0 Å². The Morgan fingerprint density at radius 2 is 1.81 bits per heavy atom. The van der Waals surface area contributed by atoms with Gasteiger partial charge in [-0.15, -0.1) is 0 Å². The molecule has 0 saturated carbocycles. The SMILES string of the molecule is Cc1cc(-c2ccco2)cc2oc3ccccc3c(=O)c12. The highest BCUT2D eigenvalue weighted by Gasteiger charge is 2.12. The second kappa shape index (κ2) is 4.35. The van der Waals surface area contributed by atoms with Crippen molar-refractivity contribution in [3.63, 3.8) is 0 Å². The number of aryl methyl sites for hydroxylation is 1. The smallest absolute Gasteiger partial charge is 0.200 e. The molecule has 4 aromatic rings. The minimum Gasteiger partial charge on any atom is -0.464 e. The predicted molar refractivity (Wildman–Crippen MR) is 82.4 cm³/mol. The lowest BCUT2D eigenvalue weighted by Gasteiger charge is -2.06. The zero-order valence-corrected chi connectivity index (χ0v) is 11.4. The summed E-state index contributed by atoms with van der Waals surface area (Å²) in [5, 5.41) is 1.24. The third-order valence-electron chi connectivity index (χ3n) is 3.68. The Bertz CT molecular complexity index is 1010. The fourth-order valence-corrected chi connectivity index (χ4v) is 2.71. The first-order valence-corrected chi connectivity index (χ1v) is 6.74. The first-order valence-electron chi connectivity index (χ1n) is 6.74. The summed E-state index contributed by atoms with van der Waals surface area (Å²) in [5.41, 5.74) is 2.99. The molecule has 0 N–H and O–H groups in total. The van der Waals surface area contributed by atoms with E-state index in [2.05, 4.69) is 0 Å². The average molecular weight is 276 g/mol. The fraction of sp³-hybridized carbons (Fsp3) is 0.0556. The van der Waals surface area contributed by atoms with Crippen LogP contribution in [0.3, 0.4) is 0 Å². The van der Waals surface area contributed by atoms with Crippen molar-refractivity contribution in [2.45, 2.75) is 6.92 Å². The van der Waals surface area contributed by atoms with E-state index in [0.717, 1.165) is 16.9 Å². The Morgan fingerprint density at radius 1 is 0.952 bits per heavy atom. The summed E-state index contributed by atoms with van der Waals surface area (Å²) >= 11 is 0. The minimum atomic E-state index is 0.00958. The molecule has 0 fully saturated rings. The number of fused-ring (bicyclic) bond motifs is 2. The van der Waals surface area contributed by atoms with Crippen molar-refractivity contribution in [1.82, 2.24) is 0 Å². The van der Waals surface area contributed by atoms with Crippen LogP contribution in [0.5, 0.6) is 0 Å². The van der Waals surface area contributed by atoms with E-state index in [1.807, 2.05) is 49.4 Å². The van der Waals surface area contributed by atoms with Crippen molar-refractivity contribution < 1.29 is 8.83 Å². The molecule has 0 radical (unpaired) electrons. The molecule has 21 heavy (non-hydrogen) atoms. The molecular formula is C18H12O3. The van der Waals surface area contributed by atoms with Crippen LogP contribution in [-0.2, 0) is 0 Å². The number of para-hydroxylation sites is 1. The molecule has 0 aliphatic rings. The summed E-state index contributed by atoms with van der Waals surface area (Å²) in [6.07, 6.45) is 1.63. The molecule has 0 aliphatic heterocycles. The molecule has 4 rings (SSSR count). The summed E-state index contributed by atoms with van der Waals surface area (Å²) in [5.74, 6) is 0.760. The van der Waals surface area contributed by atoms with Gasteiger partial charge < -0.3 is 8.83 Å². The summed E-state index contributed by atoms with van der Waals surface area (Å²) in [6, 6.07) is 14.8. The zero-order chi connectivity index (χ0) is 14.4. The molecule has 3 heteroatoms. The molecule has 102 valence electrons. The molecule has 0 aliphatic carbocycles. The minimum absolute atomic E-state index is 0.00958. The lowest BCUT2D eigenvalue weighted by molar-refractivity contribution is 0.582. The van der Waals surface area contributed by atoms with Gasteiger partial charge in [0, 0.05) is 5.56 Å². The third kappa shape index (κ3) is 1.78. The Labute approximate surface area is 120 Å². The molecule has 0 unspecified atom stereocenters. The van der Waals surface area contributed by atoms with Crippen molar-refractivity contribution in [3.8, 4) is 11.3 Å². The number of hydrogen-bond donors (Lipinski definition) is 0. The summed E-state index contributed by atoms with van der Waals surface area (Å²) in [6.45, 7) is 1.92. The maximum Gasteiger partial charge on any atom is 0.200 e. The molecular weight excluding hydrogens is 264 g/mol. The van der Waals surface area contributed by atoms with E-state index in [-0.39, 0.29) is 5.43 Å². The lowest BCUT2D eigenvalue weighted by Crippen LogP contribution is -2.03. The van der Waals surface area contributed by atoms with Gasteiger partial charge in [-0.1, -0.05) is 12.1 Å². The Kier molecular flexibility index (Phi) is 2.48. The first-order chi connectivity index (χ1) is 10.2. The molecule has 2 aromatic carbocycles. The lowest BCUT2D eigenvalue weighted by atomic mass is 10.0. The van der Waals surface area contributed by atoms with Gasteiger partial charge in [0.1, 0.15) is 16.9 Å². The highest BCUT2D eigenvalue weighted by atomic mass is 16.3.